The largest absolute Gasteiger partial charge is 0.375 e. The molecule has 5 nitrogen and oxygen atoms in total. The van der Waals surface area contributed by atoms with Crippen LogP contribution in [0.15, 0.2) is 0 Å². The van der Waals surface area contributed by atoms with Gasteiger partial charge in [0.1, 0.15) is 0 Å². The summed E-state index contributed by atoms with van der Waals surface area (Å²) in [6.07, 6.45) is 0.481. The van der Waals surface area contributed by atoms with Gasteiger partial charge in [0.2, 0.25) is 5.91 Å². The summed E-state index contributed by atoms with van der Waals surface area (Å²) in [7, 11) is 0. The third kappa shape index (κ3) is 5.80. The molecule has 1 rings (SSSR count). The Balaban J connectivity index is 2.21. The molecule has 5 heteroatoms. The maximum atomic E-state index is 11.8. The summed E-state index contributed by atoms with van der Waals surface area (Å²) in [6.45, 7) is 11.6. The summed E-state index contributed by atoms with van der Waals surface area (Å²) in [4.78, 5) is 14.2. The van der Waals surface area contributed by atoms with Crippen LogP contribution in [0.4, 0.5) is 0 Å². The summed E-state index contributed by atoms with van der Waals surface area (Å²) in [5.41, 5.74) is 0. The van der Waals surface area contributed by atoms with E-state index in [-0.39, 0.29) is 18.1 Å². The van der Waals surface area contributed by atoms with Crippen molar-refractivity contribution in [1.82, 2.24) is 15.5 Å². The van der Waals surface area contributed by atoms with E-state index in [0.29, 0.717) is 13.0 Å². The van der Waals surface area contributed by atoms with Crippen LogP contribution in [0.3, 0.4) is 0 Å². The lowest BCUT2D eigenvalue weighted by molar-refractivity contribution is -0.125. The molecule has 2 N–H and O–H groups in total. The first-order chi connectivity index (χ1) is 8.65. The van der Waals surface area contributed by atoms with Crippen molar-refractivity contribution in [2.24, 2.45) is 0 Å². The third-order valence-corrected chi connectivity index (χ3v) is 3.25. The number of likely N-dealkylation sites (N-methyl/N-ethyl adjacent to an activating group) is 1. The van der Waals surface area contributed by atoms with Crippen LogP contribution in [0.1, 0.15) is 27.2 Å². The number of hydrogen-bond donors (Lipinski definition) is 2. The number of nitrogens with zero attached hydrogens (tertiary/aromatic N) is 1. The minimum atomic E-state index is 0.0272. The van der Waals surface area contributed by atoms with Crippen molar-refractivity contribution in [3.63, 3.8) is 0 Å². The van der Waals surface area contributed by atoms with Crippen molar-refractivity contribution in [3.05, 3.63) is 0 Å². The molecule has 1 amide bonds. The molecule has 1 aliphatic rings. The molecule has 2 unspecified atom stereocenters. The number of rotatable bonds is 7. The minimum Gasteiger partial charge on any atom is -0.375 e. The van der Waals surface area contributed by atoms with Gasteiger partial charge in [0, 0.05) is 25.7 Å². The number of morpholine rings is 1. The first-order valence-electron chi connectivity index (χ1n) is 6.99. The highest BCUT2D eigenvalue weighted by atomic mass is 16.5. The molecule has 106 valence electrons. The van der Waals surface area contributed by atoms with E-state index in [0.717, 1.165) is 32.7 Å². The van der Waals surface area contributed by atoms with Crippen LogP contribution in [0.25, 0.3) is 0 Å². The molecule has 1 fully saturated rings. The van der Waals surface area contributed by atoms with E-state index in [9.17, 15) is 4.79 Å². The van der Waals surface area contributed by atoms with Gasteiger partial charge in [-0.1, -0.05) is 13.8 Å². The van der Waals surface area contributed by atoms with Crippen LogP contribution in [0.2, 0.25) is 0 Å². The molecule has 0 saturated carbocycles. The van der Waals surface area contributed by atoms with E-state index in [2.05, 4.69) is 36.3 Å². The fourth-order valence-corrected chi connectivity index (χ4v) is 2.21. The molecule has 1 heterocycles. The SMILES string of the molecule is CCN(CC)CC(C)NC(=O)CC1CNCCO1. The van der Waals surface area contributed by atoms with Gasteiger partial charge in [0.05, 0.1) is 19.1 Å². The van der Waals surface area contributed by atoms with Gasteiger partial charge in [-0.2, -0.15) is 0 Å². The zero-order valence-electron chi connectivity index (χ0n) is 11.9. The predicted octanol–water partition coefficient (Wildman–Crippen LogP) is 0.211. The van der Waals surface area contributed by atoms with Crippen molar-refractivity contribution in [1.29, 1.82) is 0 Å². The van der Waals surface area contributed by atoms with Gasteiger partial charge in [-0.25, -0.2) is 0 Å². The summed E-state index contributed by atoms with van der Waals surface area (Å²) in [6, 6.07) is 0.189. The highest BCUT2D eigenvalue weighted by molar-refractivity contribution is 5.76. The lowest BCUT2D eigenvalue weighted by Crippen LogP contribution is -2.45. The molecule has 0 aromatic carbocycles. The molecule has 18 heavy (non-hydrogen) atoms. The Morgan fingerprint density at radius 1 is 1.50 bits per heavy atom. The Labute approximate surface area is 110 Å². The zero-order chi connectivity index (χ0) is 13.4. The fraction of sp³-hybridized carbons (Fsp3) is 0.923. The van der Waals surface area contributed by atoms with E-state index in [1.165, 1.54) is 0 Å². The van der Waals surface area contributed by atoms with Crippen LogP contribution in [0, 0.1) is 0 Å². The van der Waals surface area contributed by atoms with Crippen molar-refractivity contribution in [2.45, 2.75) is 39.3 Å². The Kier molecular flexibility index (Phi) is 7.23. The Morgan fingerprint density at radius 2 is 2.22 bits per heavy atom. The Hall–Kier alpha value is -0.650. The van der Waals surface area contributed by atoms with E-state index >= 15 is 0 Å². The monoisotopic (exact) mass is 257 g/mol. The molecular formula is C13H27N3O2. The van der Waals surface area contributed by atoms with Gasteiger partial charge in [0.25, 0.3) is 0 Å². The topological polar surface area (TPSA) is 53.6 Å². The van der Waals surface area contributed by atoms with Gasteiger partial charge in [-0.3, -0.25) is 4.79 Å². The number of hydrogen-bond acceptors (Lipinski definition) is 4. The van der Waals surface area contributed by atoms with E-state index < -0.39 is 0 Å². The first-order valence-corrected chi connectivity index (χ1v) is 6.99. The lowest BCUT2D eigenvalue weighted by Gasteiger charge is -2.26. The number of nitrogens with one attached hydrogen (secondary N) is 2. The molecule has 1 aliphatic heterocycles. The second kappa shape index (κ2) is 8.45. The van der Waals surface area contributed by atoms with E-state index in [1.54, 1.807) is 0 Å². The average Bonchev–Trinajstić information content (AvgIpc) is 2.36. The smallest absolute Gasteiger partial charge is 0.222 e. The normalized spacial score (nSPS) is 21.9. The first kappa shape index (κ1) is 15.4. The number of amides is 1. The quantitative estimate of drug-likeness (QED) is 0.685. The maximum Gasteiger partial charge on any atom is 0.222 e. The molecule has 0 bridgehead atoms. The summed E-state index contributed by atoms with van der Waals surface area (Å²) in [5, 5.41) is 6.27. The molecule has 1 saturated heterocycles. The van der Waals surface area contributed by atoms with Crippen molar-refractivity contribution >= 4 is 5.91 Å². The molecule has 0 aromatic rings. The van der Waals surface area contributed by atoms with Gasteiger partial charge in [0.15, 0.2) is 0 Å². The zero-order valence-corrected chi connectivity index (χ0v) is 11.9. The average molecular weight is 257 g/mol. The van der Waals surface area contributed by atoms with Gasteiger partial charge >= 0.3 is 0 Å². The van der Waals surface area contributed by atoms with Crippen molar-refractivity contribution in [2.75, 3.05) is 39.3 Å². The van der Waals surface area contributed by atoms with E-state index in [1.807, 2.05) is 0 Å². The minimum absolute atomic E-state index is 0.0272. The summed E-state index contributed by atoms with van der Waals surface area (Å²) >= 11 is 0. The molecule has 0 aromatic heterocycles. The van der Waals surface area contributed by atoms with Gasteiger partial charge < -0.3 is 20.3 Å². The lowest BCUT2D eigenvalue weighted by atomic mass is 10.2. The van der Waals surface area contributed by atoms with E-state index in [4.69, 9.17) is 4.74 Å². The molecule has 2 atom stereocenters. The highest BCUT2D eigenvalue weighted by Gasteiger charge is 2.18. The molecular weight excluding hydrogens is 230 g/mol. The van der Waals surface area contributed by atoms with Crippen LogP contribution in [-0.2, 0) is 9.53 Å². The molecule has 0 aliphatic carbocycles. The Morgan fingerprint density at radius 3 is 2.78 bits per heavy atom. The van der Waals surface area contributed by atoms with Crippen LogP contribution in [0.5, 0.6) is 0 Å². The fourth-order valence-electron chi connectivity index (χ4n) is 2.21. The predicted molar refractivity (Wildman–Crippen MR) is 72.6 cm³/mol. The van der Waals surface area contributed by atoms with Crippen molar-refractivity contribution < 1.29 is 9.53 Å². The standard InChI is InChI=1S/C13H27N3O2/c1-4-16(5-2)10-11(3)15-13(17)8-12-9-14-6-7-18-12/h11-12,14H,4-10H2,1-3H3,(H,15,17). The molecule has 0 radical (unpaired) electrons. The number of ether oxygens (including phenoxy) is 1. The van der Waals surface area contributed by atoms with Gasteiger partial charge in [-0.05, 0) is 20.0 Å². The number of carbonyl (C=O) groups excluding carboxylic acids is 1. The summed E-state index contributed by atoms with van der Waals surface area (Å²) < 4.78 is 5.52. The summed E-state index contributed by atoms with van der Waals surface area (Å²) in [5.74, 6) is 0.0864. The van der Waals surface area contributed by atoms with Crippen LogP contribution < -0.4 is 10.6 Å². The maximum absolute atomic E-state index is 11.8. The Bertz CT molecular complexity index is 238. The molecule has 0 spiro atoms. The third-order valence-electron chi connectivity index (χ3n) is 3.25. The second-order valence-corrected chi connectivity index (χ2v) is 4.86. The van der Waals surface area contributed by atoms with Gasteiger partial charge in [-0.15, -0.1) is 0 Å². The van der Waals surface area contributed by atoms with Crippen LogP contribution in [-0.4, -0.2) is 62.3 Å². The number of carbonyl (C=O) groups is 1. The second-order valence-electron chi connectivity index (χ2n) is 4.86. The van der Waals surface area contributed by atoms with Crippen molar-refractivity contribution in [3.8, 4) is 0 Å². The van der Waals surface area contributed by atoms with Crippen LogP contribution >= 0.6 is 0 Å². The highest BCUT2D eigenvalue weighted by Crippen LogP contribution is 2.02.